The van der Waals surface area contributed by atoms with Crippen molar-refractivity contribution in [1.82, 2.24) is 0 Å². The molecule has 20 heavy (non-hydrogen) atoms. The third kappa shape index (κ3) is 11.0. The fraction of sp³-hybridized carbons (Fsp3) is 0.667. The molecule has 0 amide bonds. The van der Waals surface area contributed by atoms with Gasteiger partial charge in [0.25, 0.3) is 0 Å². The lowest BCUT2D eigenvalue weighted by molar-refractivity contribution is -0.145. The van der Waals surface area contributed by atoms with Crippen LogP contribution in [0.5, 0.6) is 0 Å². The Hall–Kier alpha value is -2.16. The van der Waals surface area contributed by atoms with Crippen LogP contribution in [0.3, 0.4) is 0 Å². The summed E-state index contributed by atoms with van der Waals surface area (Å²) in [6.07, 6.45) is -2.31. The predicted molar refractivity (Wildman–Crippen MR) is 66.1 cm³/mol. The Morgan fingerprint density at radius 1 is 1.10 bits per heavy atom. The highest BCUT2D eigenvalue weighted by molar-refractivity contribution is 5.70. The van der Waals surface area contributed by atoms with Crippen LogP contribution < -0.4 is 0 Å². The molecule has 0 radical (unpaired) electrons. The van der Waals surface area contributed by atoms with Gasteiger partial charge in [-0.05, 0) is 6.42 Å². The highest BCUT2D eigenvalue weighted by atomic mass is 16.4. The molecule has 0 aliphatic rings. The third-order valence-corrected chi connectivity index (χ3v) is 2.26. The maximum atomic E-state index is 10.4. The smallest absolute Gasteiger partial charge is 0.309 e. The van der Waals surface area contributed by atoms with Crippen molar-refractivity contribution in [1.29, 1.82) is 10.5 Å². The highest BCUT2D eigenvalue weighted by Crippen LogP contribution is 2.11. The normalized spacial score (nSPS) is 13.7. The van der Waals surface area contributed by atoms with Crippen LogP contribution in [-0.4, -0.2) is 44.6 Å². The van der Waals surface area contributed by atoms with E-state index in [1.807, 2.05) is 0 Å². The monoisotopic (exact) mass is 286 g/mol. The van der Waals surface area contributed by atoms with E-state index in [2.05, 4.69) is 0 Å². The van der Waals surface area contributed by atoms with Gasteiger partial charge in [0, 0.05) is 0 Å². The van der Waals surface area contributed by atoms with E-state index in [9.17, 15) is 9.59 Å². The summed E-state index contributed by atoms with van der Waals surface area (Å²) in [7, 11) is 0. The van der Waals surface area contributed by atoms with Gasteiger partial charge in [-0.3, -0.25) is 9.59 Å². The Morgan fingerprint density at radius 2 is 1.60 bits per heavy atom. The van der Waals surface area contributed by atoms with Gasteiger partial charge < -0.3 is 20.4 Å². The number of hydrogen-bond donors (Lipinski definition) is 4. The summed E-state index contributed by atoms with van der Waals surface area (Å²) in [6.45, 7) is 1.67. The van der Waals surface area contributed by atoms with Crippen molar-refractivity contribution in [3.05, 3.63) is 0 Å². The van der Waals surface area contributed by atoms with Gasteiger partial charge in [0.2, 0.25) is 0 Å². The van der Waals surface area contributed by atoms with E-state index in [1.165, 1.54) is 0 Å². The second kappa shape index (κ2) is 11.9. The maximum Gasteiger partial charge on any atom is 0.309 e. The van der Waals surface area contributed by atoms with Gasteiger partial charge in [-0.15, -0.1) is 0 Å². The fourth-order valence-corrected chi connectivity index (χ4v) is 1.23. The summed E-state index contributed by atoms with van der Waals surface area (Å²) in [5.74, 6) is -2.94. The number of hydrogen-bond acceptors (Lipinski definition) is 6. The average Bonchev–Trinajstić information content (AvgIpc) is 2.29. The summed E-state index contributed by atoms with van der Waals surface area (Å²) >= 11 is 0. The lowest BCUT2D eigenvalue weighted by Crippen LogP contribution is -2.26. The van der Waals surface area contributed by atoms with Gasteiger partial charge in [-0.2, -0.15) is 10.5 Å². The van der Waals surface area contributed by atoms with Gasteiger partial charge >= 0.3 is 11.9 Å². The van der Waals surface area contributed by atoms with E-state index in [1.54, 1.807) is 19.1 Å². The third-order valence-electron chi connectivity index (χ3n) is 2.26. The van der Waals surface area contributed by atoms with Crippen LogP contribution in [0, 0.1) is 28.6 Å². The van der Waals surface area contributed by atoms with E-state index in [0.29, 0.717) is 6.42 Å². The summed E-state index contributed by atoms with van der Waals surface area (Å²) in [5.41, 5.74) is 0. The molecule has 0 aromatic heterocycles. The quantitative estimate of drug-likeness (QED) is 0.512. The van der Waals surface area contributed by atoms with Crippen LogP contribution in [0.15, 0.2) is 0 Å². The molecule has 4 N–H and O–H groups in total. The van der Waals surface area contributed by atoms with Gasteiger partial charge in [0.15, 0.2) is 0 Å². The fourth-order valence-electron chi connectivity index (χ4n) is 1.23. The molecule has 0 saturated heterocycles. The van der Waals surface area contributed by atoms with Crippen molar-refractivity contribution in [3.63, 3.8) is 0 Å². The first kappa shape index (κ1) is 20.2. The number of rotatable bonds is 7. The number of aliphatic hydroxyl groups excluding tert-OH is 2. The number of aliphatic hydroxyl groups is 2. The minimum Gasteiger partial charge on any atom is -0.481 e. The zero-order valence-electron chi connectivity index (χ0n) is 11.1. The van der Waals surface area contributed by atoms with E-state index in [-0.39, 0.29) is 19.3 Å². The second-order valence-corrected chi connectivity index (χ2v) is 3.90. The van der Waals surface area contributed by atoms with E-state index in [0.717, 1.165) is 0 Å². The topological polar surface area (TPSA) is 163 Å². The van der Waals surface area contributed by atoms with Crippen LogP contribution in [0.25, 0.3) is 0 Å². The minimum absolute atomic E-state index is 0.119. The molecule has 0 bridgehead atoms. The zero-order valence-corrected chi connectivity index (χ0v) is 11.1. The molecule has 0 spiro atoms. The van der Waals surface area contributed by atoms with E-state index >= 15 is 0 Å². The Balaban J connectivity index is 0. The summed E-state index contributed by atoms with van der Waals surface area (Å²) in [5, 5.41) is 50.3. The summed E-state index contributed by atoms with van der Waals surface area (Å²) < 4.78 is 0. The molecular formula is C12H18N2O6. The zero-order chi connectivity index (χ0) is 16.1. The molecule has 8 heteroatoms. The van der Waals surface area contributed by atoms with Crippen LogP contribution in [0.2, 0.25) is 0 Å². The van der Waals surface area contributed by atoms with Crippen molar-refractivity contribution in [2.75, 3.05) is 0 Å². The molecule has 0 heterocycles. The van der Waals surface area contributed by atoms with Gasteiger partial charge in [0.1, 0.15) is 0 Å². The standard InChI is InChI=1S/C7H11NO3.C5H7NO3/c1-2-5(7(10)11)6(9)3-4-8;6-2-1-4(7)3-5(8)9/h5-6,9H,2-3H2,1H3,(H,10,11);4,7H,1,3H2,(H,8,9)/t5?,6-;/m1./s1. The largest absolute Gasteiger partial charge is 0.481 e. The molecule has 0 aliphatic carbocycles. The number of aliphatic carboxylic acids is 2. The van der Waals surface area contributed by atoms with E-state index in [4.69, 9.17) is 30.9 Å². The molecule has 0 aromatic rings. The number of carbonyl (C=O) groups is 2. The molecule has 0 fully saturated rings. The molecule has 2 unspecified atom stereocenters. The molecule has 112 valence electrons. The molecule has 3 atom stereocenters. The Kier molecular flexibility index (Phi) is 12.0. The maximum absolute atomic E-state index is 10.4. The molecular weight excluding hydrogens is 268 g/mol. The minimum atomic E-state index is -1.09. The van der Waals surface area contributed by atoms with Gasteiger partial charge in [0.05, 0.1) is 49.5 Å². The lowest BCUT2D eigenvalue weighted by Gasteiger charge is -2.13. The number of carboxylic acid groups (broad SMARTS) is 2. The number of nitriles is 2. The van der Waals surface area contributed by atoms with Gasteiger partial charge in [-0.1, -0.05) is 6.92 Å². The van der Waals surface area contributed by atoms with Crippen molar-refractivity contribution in [2.24, 2.45) is 5.92 Å². The van der Waals surface area contributed by atoms with Crippen LogP contribution in [0.4, 0.5) is 0 Å². The molecule has 0 aromatic carbocycles. The molecule has 8 nitrogen and oxygen atoms in total. The number of nitrogens with zero attached hydrogens (tertiary/aromatic N) is 2. The lowest BCUT2D eigenvalue weighted by atomic mass is 9.98. The predicted octanol–water partition coefficient (Wildman–Crippen LogP) is 0.107. The molecule has 0 rings (SSSR count). The summed E-state index contributed by atoms with van der Waals surface area (Å²) in [6, 6.07) is 3.38. The number of carboxylic acids is 2. The first-order chi connectivity index (χ1) is 9.29. The van der Waals surface area contributed by atoms with Crippen LogP contribution in [-0.2, 0) is 9.59 Å². The van der Waals surface area contributed by atoms with E-state index < -0.39 is 30.1 Å². The first-order valence-corrected chi connectivity index (χ1v) is 5.84. The first-order valence-electron chi connectivity index (χ1n) is 5.84. The van der Waals surface area contributed by atoms with Crippen LogP contribution in [0.1, 0.15) is 32.6 Å². The second-order valence-electron chi connectivity index (χ2n) is 3.90. The van der Waals surface area contributed by atoms with Crippen molar-refractivity contribution in [3.8, 4) is 12.1 Å². The summed E-state index contributed by atoms with van der Waals surface area (Å²) in [4.78, 5) is 20.2. The average molecular weight is 286 g/mol. The van der Waals surface area contributed by atoms with Crippen LogP contribution >= 0.6 is 0 Å². The highest BCUT2D eigenvalue weighted by Gasteiger charge is 2.23. The SMILES string of the molecule is CCC(C(=O)O)[C@H](O)CC#N.N#CCC(O)CC(=O)O. The Labute approximate surface area is 116 Å². The Morgan fingerprint density at radius 3 is 1.90 bits per heavy atom. The van der Waals surface area contributed by atoms with Crippen molar-refractivity contribution >= 4 is 11.9 Å². The van der Waals surface area contributed by atoms with Gasteiger partial charge in [-0.25, -0.2) is 0 Å². The molecule has 0 aliphatic heterocycles. The van der Waals surface area contributed by atoms with Crippen molar-refractivity contribution in [2.45, 2.75) is 44.8 Å². The van der Waals surface area contributed by atoms with Crippen molar-refractivity contribution < 1.29 is 30.0 Å². The Bertz CT molecular complexity index is 384. The molecule has 0 saturated carbocycles.